The van der Waals surface area contributed by atoms with Crippen LogP contribution in [-0.2, 0) is 17.9 Å². The molecule has 0 N–H and O–H groups in total. The molecule has 0 aliphatic carbocycles. The fourth-order valence-corrected chi connectivity index (χ4v) is 11.2. The van der Waals surface area contributed by atoms with Crippen LogP contribution in [0.3, 0.4) is 0 Å². The predicted octanol–water partition coefficient (Wildman–Crippen LogP) is 12.7. The summed E-state index contributed by atoms with van der Waals surface area (Å²) in [6.45, 7) is 7.04. The molecule has 0 bridgehead atoms. The molecule has 7 aromatic carbocycles. The monoisotopic (exact) mass is 792 g/mol. The van der Waals surface area contributed by atoms with Crippen molar-refractivity contribution in [3.05, 3.63) is 204 Å². The Morgan fingerprint density at radius 1 is 0.633 bits per heavy atom. The van der Waals surface area contributed by atoms with Gasteiger partial charge in [0.05, 0.1) is 40.2 Å². The van der Waals surface area contributed by atoms with Gasteiger partial charge in [-0.3, -0.25) is 4.57 Å². The third-order valence-corrected chi connectivity index (χ3v) is 13.7. The zero-order valence-electron chi connectivity index (χ0n) is 33.8. The first kappa shape index (κ1) is 35.1. The van der Waals surface area contributed by atoms with Crippen molar-refractivity contribution in [3.63, 3.8) is 0 Å². The highest BCUT2D eigenvalue weighted by Crippen LogP contribution is 2.62. The van der Waals surface area contributed by atoms with E-state index < -0.39 is 5.41 Å². The van der Waals surface area contributed by atoms with E-state index in [0.29, 0.717) is 0 Å². The first-order valence-corrected chi connectivity index (χ1v) is 21.3. The molecule has 5 heterocycles. The second-order valence-electron chi connectivity index (χ2n) is 17.0. The van der Waals surface area contributed by atoms with Crippen molar-refractivity contribution in [3.8, 4) is 34.1 Å². The van der Waals surface area contributed by atoms with E-state index in [1.54, 1.807) is 0 Å². The molecule has 12 rings (SSSR count). The molecule has 6 heteroatoms. The molecular weight excluding hydrogens is 753 g/mol. The zero-order valence-corrected chi connectivity index (χ0v) is 34.6. The van der Waals surface area contributed by atoms with Crippen molar-refractivity contribution in [1.29, 1.82) is 0 Å². The van der Waals surface area contributed by atoms with E-state index in [1.807, 2.05) is 30.1 Å². The number of benzene rings is 7. The van der Waals surface area contributed by atoms with Crippen LogP contribution in [0.1, 0.15) is 48.6 Å². The van der Waals surface area contributed by atoms with Gasteiger partial charge >= 0.3 is 0 Å². The normalized spacial score (nSPS) is 15.3. The summed E-state index contributed by atoms with van der Waals surface area (Å²) >= 11 is 1.89. The van der Waals surface area contributed by atoms with Gasteiger partial charge in [-0.1, -0.05) is 130 Å². The van der Waals surface area contributed by atoms with E-state index in [4.69, 9.17) is 9.72 Å². The highest BCUT2D eigenvalue weighted by Gasteiger charge is 2.50. The molecule has 2 aliphatic rings. The Bertz CT molecular complexity index is 3380. The van der Waals surface area contributed by atoms with Gasteiger partial charge in [-0.05, 0) is 105 Å². The van der Waals surface area contributed by atoms with Gasteiger partial charge in [-0.15, -0.1) is 0 Å². The number of pyridine rings is 1. The number of nitrogens with zero attached hydrogens (tertiary/aromatic N) is 4. The molecule has 60 heavy (non-hydrogen) atoms. The number of aryl methyl sites for hydroxylation is 1. The van der Waals surface area contributed by atoms with Crippen LogP contribution in [0.4, 0.5) is 0 Å². The van der Waals surface area contributed by atoms with Gasteiger partial charge in [-0.2, -0.15) is 0 Å². The Morgan fingerprint density at radius 2 is 1.42 bits per heavy atom. The van der Waals surface area contributed by atoms with Crippen molar-refractivity contribution in [2.45, 2.75) is 41.4 Å². The number of para-hydroxylation sites is 2. The van der Waals surface area contributed by atoms with Crippen LogP contribution >= 0.6 is 11.8 Å². The zero-order chi connectivity index (χ0) is 40.3. The number of imidazole rings is 1. The third-order valence-electron chi connectivity index (χ3n) is 12.5. The van der Waals surface area contributed by atoms with Crippen LogP contribution in [0.5, 0.6) is 11.5 Å². The van der Waals surface area contributed by atoms with Gasteiger partial charge in [0.2, 0.25) is 6.33 Å². The standard InChI is InChI=1S/C54H40N4OS/c1-53(2,3)41-17-13-21-49-51(41)54(43-30-35(23-28-48(43)60-49)34-14-6-5-7-15-34)40-27-25-37(32-47(40)57-33-56(4)45-20-12-18-42(54)52(45)57)59-36-24-26-39-38-16-8-9-19-44(38)58(46(39)31-36)50-22-10-11-29-55-50/h5-32H,1-4H3. The van der Waals surface area contributed by atoms with Crippen molar-refractivity contribution in [1.82, 2.24) is 14.1 Å². The van der Waals surface area contributed by atoms with Crippen LogP contribution in [0.25, 0.3) is 55.5 Å². The molecule has 3 aromatic heterocycles. The lowest BCUT2D eigenvalue weighted by Crippen LogP contribution is -2.40. The Morgan fingerprint density at radius 3 is 2.27 bits per heavy atom. The topological polar surface area (TPSA) is 35.9 Å². The number of rotatable bonds is 4. The maximum Gasteiger partial charge on any atom is 0.244 e. The number of hydrogen-bond donors (Lipinski definition) is 0. The van der Waals surface area contributed by atoms with Gasteiger partial charge in [0.15, 0.2) is 0 Å². The average Bonchev–Trinajstić information content (AvgIpc) is 3.79. The minimum Gasteiger partial charge on any atom is -0.458 e. The molecule has 1 atom stereocenters. The summed E-state index contributed by atoms with van der Waals surface area (Å²) in [7, 11) is 2.10. The summed E-state index contributed by atoms with van der Waals surface area (Å²) < 4.78 is 13.6. The largest absolute Gasteiger partial charge is 0.458 e. The Balaban J connectivity index is 1.12. The molecule has 2 aliphatic heterocycles. The second kappa shape index (κ2) is 12.8. The quantitative estimate of drug-likeness (QED) is 0.132. The van der Waals surface area contributed by atoms with Crippen molar-refractivity contribution < 1.29 is 9.30 Å². The molecule has 0 saturated carbocycles. The molecule has 0 saturated heterocycles. The first-order valence-electron chi connectivity index (χ1n) is 20.5. The summed E-state index contributed by atoms with van der Waals surface area (Å²) in [5, 5.41) is 2.33. The molecule has 10 aromatic rings. The summed E-state index contributed by atoms with van der Waals surface area (Å²) in [5.41, 5.74) is 13.6. The van der Waals surface area contributed by atoms with E-state index in [2.05, 4.69) is 200 Å². The lowest BCUT2D eigenvalue weighted by molar-refractivity contribution is -0.649. The Kier molecular flexibility index (Phi) is 7.49. The smallest absolute Gasteiger partial charge is 0.244 e. The fourth-order valence-electron chi connectivity index (χ4n) is 10.0. The predicted molar refractivity (Wildman–Crippen MR) is 242 cm³/mol. The van der Waals surface area contributed by atoms with Crippen LogP contribution in [0.15, 0.2) is 180 Å². The molecule has 1 unspecified atom stereocenters. The fraction of sp³-hybridized carbons (Fsp3) is 0.111. The number of ether oxygens (including phenoxy) is 1. The Labute approximate surface area is 353 Å². The van der Waals surface area contributed by atoms with Gasteiger partial charge in [0.1, 0.15) is 17.3 Å². The van der Waals surface area contributed by atoms with Gasteiger partial charge in [0.25, 0.3) is 0 Å². The summed E-state index contributed by atoms with van der Waals surface area (Å²) in [6, 6.07) is 59.2. The van der Waals surface area contributed by atoms with Crippen LogP contribution < -0.4 is 9.30 Å². The second-order valence-corrected chi connectivity index (χ2v) is 18.1. The average molecular weight is 793 g/mol. The van der Waals surface area contributed by atoms with Crippen LogP contribution in [0.2, 0.25) is 0 Å². The Hall–Kier alpha value is -6.89. The van der Waals surface area contributed by atoms with Crippen molar-refractivity contribution in [2.75, 3.05) is 0 Å². The molecule has 0 fully saturated rings. The lowest BCUT2D eigenvalue weighted by Gasteiger charge is -2.48. The lowest BCUT2D eigenvalue weighted by atomic mass is 9.60. The molecule has 0 radical (unpaired) electrons. The summed E-state index contributed by atoms with van der Waals surface area (Å²) in [4.78, 5) is 7.30. The van der Waals surface area contributed by atoms with Crippen molar-refractivity contribution in [2.24, 2.45) is 7.05 Å². The number of fused-ring (bicyclic) bond motifs is 11. The third kappa shape index (κ3) is 4.94. The minimum atomic E-state index is -0.643. The maximum atomic E-state index is 6.93. The van der Waals surface area contributed by atoms with Gasteiger partial charge in [0, 0.05) is 32.8 Å². The number of aromatic nitrogens is 4. The molecule has 5 nitrogen and oxygen atoms in total. The van der Waals surface area contributed by atoms with E-state index in [1.165, 1.54) is 54.1 Å². The van der Waals surface area contributed by atoms with E-state index in [-0.39, 0.29) is 5.41 Å². The van der Waals surface area contributed by atoms with Gasteiger partial charge in [-0.25, -0.2) is 4.98 Å². The van der Waals surface area contributed by atoms with E-state index in [0.717, 1.165) is 50.5 Å². The summed E-state index contributed by atoms with van der Waals surface area (Å²) in [6.07, 6.45) is 5.57. The van der Waals surface area contributed by atoms with Crippen LogP contribution in [-0.4, -0.2) is 14.1 Å². The molecule has 288 valence electrons. The van der Waals surface area contributed by atoms with Crippen molar-refractivity contribution >= 4 is 44.6 Å². The SMILES string of the molecule is C[n+]1[c-]n2c3c(cccc31)C1(c3cc(-c4ccccc4)ccc3Sc3cccc(C(C)(C)C)c31)c1ccc(Oc3ccc4c5ccccc5n(-c5ccccn5)c4c3)cc1-2. The maximum absolute atomic E-state index is 6.93. The first-order chi connectivity index (χ1) is 29.3. The molecule has 1 spiro atoms. The summed E-state index contributed by atoms with van der Waals surface area (Å²) in [5.74, 6) is 2.39. The minimum absolute atomic E-state index is 0.128. The molecular formula is C54H40N4OS. The van der Waals surface area contributed by atoms with E-state index >= 15 is 0 Å². The highest BCUT2D eigenvalue weighted by molar-refractivity contribution is 7.99. The van der Waals surface area contributed by atoms with Crippen LogP contribution in [0, 0.1) is 6.33 Å². The number of hydrogen-bond acceptors (Lipinski definition) is 3. The van der Waals surface area contributed by atoms with Gasteiger partial charge < -0.3 is 13.9 Å². The highest BCUT2D eigenvalue weighted by atomic mass is 32.2. The van der Waals surface area contributed by atoms with E-state index in [9.17, 15) is 0 Å². The molecule has 0 amide bonds.